The number of hydrogen-bond donors (Lipinski definition) is 1. The summed E-state index contributed by atoms with van der Waals surface area (Å²) >= 11 is 0. The zero-order chi connectivity index (χ0) is 12.0. The fourth-order valence-corrected chi connectivity index (χ4v) is 1.11. The number of esters is 1. The van der Waals surface area contributed by atoms with Crippen LogP contribution in [0.2, 0.25) is 0 Å². The molecule has 0 fully saturated rings. The average molecular weight is 227 g/mol. The van der Waals surface area contributed by atoms with E-state index in [1.165, 1.54) is 12.1 Å². The Hall–Kier alpha value is -1.78. The van der Waals surface area contributed by atoms with Gasteiger partial charge in [-0.3, -0.25) is 0 Å². The Morgan fingerprint density at radius 2 is 2.25 bits per heavy atom. The highest BCUT2D eigenvalue weighted by Gasteiger charge is 2.07. The van der Waals surface area contributed by atoms with Gasteiger partial charge in [-0.1, -0.05) is 0 Å². The SMILES string of the molecule is CCOC(=O)COc1ccc(NC)cc1F. The van der Waals surface area contributed by atoms with Crippen LogP contribution in [-0.2, 0) is 9.53 Å². The predicted octanol–water partition coefficient (Wildman–Crippen LogP) is 1.81. The molecule has 0 aliphatic rings. The number of carbonyl (C=O) groups is 1. The van der Waals surface area contributed by atoms with Gasteiger partial charge in [-0.15, -0.1) is 0 Å². The van der Waals surface area contributed by atoms with Crippen LogP contribution in [0.15, 0.2) is 18.2 Å². The van der Waals surface area contributed by atoms with Crippen molar-refractivity contribution in [3.8, 4) is 5.75 Å². The second-order valence-electron chi connectivity index (χ2n) is 2.99. The van der Waals surface area contributed by atoms with Crippen LogP contribution in [-0.4, -0.2) is 26.2 Å². The van der Waals surface area contributed by atoms with Gasteiger partial charge in [-0.05, 0) is 19.1 Å². The molecule has 4 nitrogen and oxygen atoms in total. The number of halogens is 1. The molecular formula is C11H14FNO3. The molecule has 0 unspecified atom stereocenters. The molecule has 1 rings (SSSR count). The minimum atomic E-state index is -0.517. The molecule has 5 heteroatoms. The molecule has 0 spiro atoms. The predicted molar refractivity (Wildman–Crippen MR) is 58.1 cm³/mol. The lowest BCUT2D eigenvalue weighted by molar-refractivity contribution is -0.145. The molecule has 16 heavy (non-hydrogen) atoms. The quantitative estimate of drug-likeness (QED) is 0.779. The zero-order valence-electron chi connectivity index (χ0n) is 9.25. The first kappa shape index (κ1) is 12.3. The maximum Gasteiger partial charge on any atom is 0.344 e. The third-order valence-electron chi connectivity index (χ3n) is 1.87. The van der Waals surface area contributed by atoms with Gasteiger partial charge in [0, 0.05) is 18.8 Å². The summed E-state index contributed by atoms with van der Waals surface area (Å²) in [4.78, 5) is 11.0. The second kappa shape index (κ2) is 5.95. The Kier molecular flexibility index (Phi) is 4.57. The molecule has 88 valence electrons. The molecule has 0 atom stereocenters. The summed E-state index contributed by atoms with van der Waals surface area (Å²) in [5, 5.41) is 2.79. The van der Waals surface area contributed by atoms with Gasteiger partial charge in [-0.25, -0.2) is 9.18 Å². The first-order valence-corrected chi connectivity index (χ1v) is 4.93. The van der Waals surface area contributed by atoms with E-state index in [0.717, 1.165) is 0 Å². The van der Waals surface area contributed by atoms with Crippen LogP contribution in [0.3, 0.4) is 0 Å². The molecule has 0 saturated heterocycles. The summed E-state index contributed by atoms with van der Waals surface area (Å²) in [6.07, 6.45) is 0. The van der Waals surface area contributed by atoms with Gasteiger partial charge in [-0.2, -0.15) is 0 Å². The number of nitrogens with one attached hydrogen (secondary N) is 1. The van der Waals surface area contributed by atoms with E-state index in [1.807, 2.05) is 0 Å². The van der Waals surface area contributed by atoms with Crippen molar-refractivity contribution in [3.05, 3.63) is 24.0 Å². The summed E-state index contributed by atoms with van der Waals surface area (Å²) in [7, 11) is 1.69. The highest BCUT2D eigenvalue weighted by molar-refractivity contribution is 5.71. The standard InChI is InChI=1S/C11H14FNO3/c1-3-15-11(14)7-16-10-5-4-8(13-2)6-9(10)12/h4-6,13H,3,7H2,1-2H3. The fraction of sp³-hybridized carbons (Fsp3) is 0.364. The maximum absolute atomic E-state index is 13.4. The summed E-state index contributed by atoms with van der Waals surface area (Å²) in [5.74, 6) is -0.997. The fourth-order valence-electron chi connectivity index (χ4n) is 1.11. The topological polar surface area (TPSA) is 47.6 Å². The monoisotopic (exact) mass is 227 g/mol. The maximum atomic E-state index is 13.4. The Morgan fingerprint density at radius 1 is 1.50 bits per heavy atom. The van der Waals surface area contributed by atoms with E-state index in [1.54, 1.807) is 20.0 Å². The van der Waals surface area contributed by atoms with Crippen molar-refractivity contribution in [1.29, 1.82) is 0 Å². The molecule has 0 aromatic heterocycles. The Balaban J connectivity index is 2.57. The van der Waals surface area contributed by atoms with E-state index in [2.05, 4.69) is 10.1 Å². The lowest BCUT2D eigenvalue weighted by Crippen LogP contribution is -2.15. The van der Waals surface area contributed by atoms with Crippen LogP contribution in [0.5, 0.6) is 5.75 Å². The molecular weight excluding hydrogens is 213 g/mol. The molecule has 0 aliphatic carbocycles. The zero-order valence-corrected chi connectivity index (χ0v) is 9.25. The molecule has 1 N–H and O–H groups in total. The Bertz CT molecular complexity index is 368. The summed E-state index contributed by atoms with van der Waals surface area (Å²) in [6.45, 7) is 1.69. The minimum absolute atomic E-state index is 0.0343. The highest BCUT2D eigenvalue weighted by Crippen LogP contribution is 2.20. The van der Waals surface area contributed by atoms with Crippen molar-refractivity contribution in [2.45, 2.75) is 6.92 Å². The van der Waals surface area contributed by atoms with E-state index in [0.29, 0.717) is 5.69 Å². The summed E-state index contributed by atoms with van der Waals surface area (Å²) in [5.41, 5.74) is 0.640. The lowest BCUT2D eigenvalue weighted by atomic mass is 10.3. The van der Waals surface area contributed by atoms with Gasteiger partial charge in [0.2, 0.25) is 0 Å². The van der Waals surface area contributed by atoms with Crippen LogP contribution in [0.25, 0.3) is 0 Å². The number of anilines is 1. The normalized spacial score (nSPS) is 9.69. The van der Waals surface area contributed by atoms with E-state index in [-0.39, 0.29) is 19.0 Å². The highest BCUT2D eigenvalue weighted by atomic mass is 19.1. The van der Waals surface area contributed by atoms with Crippen molar-refractivity contribution in [2.24, 2.45) is 0 Å². The third-order valence-corrected chi connectivity index (χ3v) is 1.87. The molecule has 0 amide bonds. The van der Waals surface area contributed by atoms with Gasteiger partial charge in [0.15, 0.2) is 18.2 Å². The van der Waals surface area contributed by atoms with Gasteiger partial charge in [0.25, 0.3) is 0 Å². The average Bonchev–Trinajstić information content (AvgIpc) is 2.27. The van der Waals surface area contributed by atoms with Crippen molar-refractivity contribution < 1.29 is 18.7 Å². The van der Waals surface area contributed by atoms with Crippen molar-refractivity contribution in [2.75, 3.05) is 25.6 Å². The van der Waals surface area contributed by atoms with Gasteiger partial charge in [0.1, 0.15) is 0 Å². The molecule has 0 bridgehead atoms. The van der Waals surface area contributed by atoms with Crippen LogP contribution in [0, 0.1) is 5.82 Å². The van der Waals surface area contributed by atoms with E-state index in [9.17, 15) is 9.18 Å². The third kappa shape index (κ3) is 3.42. The van der Waals surface area contributed by atoms with Crippen molar-refractivity contribution >= 4 is 11.7 Å². The van der Waals surface area contributed by atoms with Gasteiger partial charge >= 0.3 is 5.97 Å². The number of benzene rings is 1. The molecule has 1 aromatic rings. The van der Waals surface area contributed by atoms with E-state index in [4.69, 9.17) is 4.74 Å². The van der Waals surface area contributed by atoms with E-state index >= 15 is 0 Å². The summed E-state index contributed by atoms with van der Waals surface area (Å²) < 4.78 is 23.0. The molecule has 0 saturated carbocycles. The molecule has 0 heterocycles. The molecule has 0 aliphatic heterocycles. The largest absolute Gasteiger partial charge is 0.479 e. The van der Waals surface area contributed by atoms with Crippen molar-refractivity contribution in [1.82, 2.24) is 0 Å². The Labute approximate surface area is 93.4 Å². The Morgan fingerprint density at radius 3 is 2.81 bits per heavy atom. The summed E-state index contributed by atoms with van der Waals surface area (Å²) in [6, 6.07) is 4.41. The van der Waals surface area contributed by atoms with Crippen LogP contribution < -0.4 is 10.1 Å². The number of carbonyl (C=O) groups excluding carboxylic acids is 1. The molecule has 0 radical (unpaired) electrons. The van der Waals surface area contributed by atoms with Crippen LogP contribution in [0.1, 0.15) is 6.92 Å². The first-order valence-electron chi connectivity index (χ1n) is 4.93. The van der Waals surface area contributed by atoms with Gasteiger partial charge < -0.3 is 14.8 Å². The number of ether oxygens (including phenoxy) is 2. The van der Waals surface area contributed by atoms with Crippen molar-refractivity contribution in [3.63, 3.8) is 0 Å². The van der Waals surface area contributed by atoms with Crippen LogP contribution >= 0.6 is 0 Å². The second-order valence-corrected chi connectivity index (χ2v) is 2.99. The lowest BCUT2D eigenvalue weighted by Gasteiger charge is -2.07. The van der Waals surface area contributed by atoms with Crippen LogP contribution in [0.4, 0.5) is 10.1 Å². The van der Waals surface area contributed by atoms with E-state index < -0.39 is 11.8 Å². The smallest absolute Gasteiger partial charge is 0.344 e. The minimum Gasteiger partial charge on any atom is -0.479 e. The van der Waals surface area contributed by atoms with Gasteiger partial charge in [0.05, 0.1) is 6.61 Å². The first-order chi connectivity index (χ1) is 7.67. The number of hydrogen-bond acceptors (Lipinski definition) is 4. The number of rotatable bonds is 5. The molecule has 1 aromatic carbocycles.